The molecular formula is C27H29Cl2N3O4. The SMILES string of the molecule is CCOC(=O)c1cc(Cl)ccc1-n1nc(C(=O)NC2CCCCC2)c(C)c1-c1ccc(Cl)cc1OC. The van der Waals surface area contributed by atoms with Crippen molar-refractivity contribution < 1.29 is 19.1 Å². The smallest absolute Gasteiger partial charge is 0.340 e. The highest BCUT2D eigenvalue weighted by Crippen LogP contribution is 2.38. The standard InChI is InChI=1S/C27H29Cl2N3O4/c1-4-36-27(34)21-14-17(28)11-13-22(21)32-25(20-12-10-18(29)15-23(20)35-3)16(2)24(31-32)26(33)30-19-8-6-5-7-9-19/h10-15,19H,4-9H2,1-3H3,(H,30,33). The van der Waals surface area contributed by atoms with Gasteiger partial charge in [0.25, 0.3) is 5.91 Å². The number of esters is 1. The Morgan fingerprint density at radius 1 is 1.08 bits per heavy atom. The van der Waals surface area contributed by atoms with Crippen molar-refractivity contribution in [2.75, 3.05) is 13.7 Å². The molecule has 1 N–H and O–H groups in total. The number of carbonyl (C=O) groups excluding carboxylic acids is 2. The van der Waals surface area contributed by atoms with Gasteiger partial charge in [-0.05, 0) is 63.1 Å². The minimum atomic E-state index is -0.537. The molecule has 1 heterocycles. The molecule has 0 saturated heterocycles. The number of nitrogens with one attached hydrogen (secondary N) is 1. The van der Waals surface area contributed by atoms with Crippen LogP contribution in [0.3, 0.4) is 0 Å². The molecule has 4 rings (SSSR count). The summed E-state index contributed by atoms with van der Waals surface area (Å²) in [4.78, 5) is 26.2. The van der Waals surface area contributed by atoms with E-state index in [1.54, 1.807) is 43.0 Å². The van der Waals surface area contributed by atoms with Gasteiger partial charge < -0.3 is 14.8 Å². The summed E-state index contributed by atoms with van der Waals surface area (Å²) in [6.07, 6.45) is 5.29. The van der Waals surface area contributed by atoms with Crippen LogP contribution in [0, 0.1) is 6.92 Å². The summed E-state index contributed by atoms with van der Waals surface area (Å²) < 4.78 is 12.5. The molecule has 36 heavy (non-hydrogen) atoms. The Kier molecular flexibility index (Phi) is 8.21. The van der Waals surface area contributed by atoms with Crippen LogP contribution in [0.15, 0.2) is 36.4 Å². The summed E-state index contributed by atoms with van der Waals surface area (Å²) >= 11 is 12.4. The van der Waals surface area contributed by atoms with Crippen LogP contribution in [0.1, 0.15) is 65.4 Å². The maximum Gasteiger partial charge on any atom is 0.340 e. The Labute approximate surface area is 220 Å². The maximum absolute atomic E-state index is 13.4. The fraction of sp³-hybridized carbons (Fsp3) is 0.370. The van der Waals surface area contributed by atoms with Crippen LogP contribution in [0.5, 0.6) is 5.75 Å². The van der Waals surface area contributed by atoms with E-state index in [1.807, 2.05) is 13.0 Å². The van der Waals surface area contributed by atoms with Crippen LogP contribution < -0.4 is 10.1 Å². The molecule has 1 aromatic heterocycles. The summed E-state index contributed by atoms with van der Waals surface area (Å²) in [5.74, 6) is -0.276. The van der Waals surface area contributed by atoms with Crippen LogP contribution in [0.25, 0.3) is 16.9 Å². The van der Waals surface area contributed by atoms with Gasteiger partial charge in [-0.1, -0.05) is 42.5 Å². The van der Waals surface area contributed by atoms with Gasteiger partial charge in [0.1, 0.15) is 5.75 Å². The number of ether oxygens (including phenoxy) is 2. The lowest BCUT2D eigenvalue weighted by Crippen LogP contribution is -2.36. The van der Waals surface area contributed by atoms with Crippen LogP contribution >= 0.6 is 23.2 Å². The first-order valence-corrected chi connectivity index (χ1v) is 12.8. The van der Waals surface area contributed by atoms with Gasteiger partial charge in [-0.25, -0.2) is 9.48 Å². The first kappa shape index (κ1) is 26.0. The van der Waals surface area contributed by atoms with Gasteiger partial charge in [-0.2, -0.15) is 5.10 Å². The summed E-state index contributed by atoms with van der Waals surface area (Å²) in [7, 11) is 1.55. The quantitative estimate of drug-likeness (QED) is 0.358. The molecule has 0 unspecified atom stereocenters. The van der Waals surface area contributed by atoms with Gasteiger partial charge in [-0.15, -0.1) is 0 Å². The number of methoxy groups -OCH3 is 1. The van der Waals surface area contributed by atoms with Crippen LogP contribution in [-0.4, -0.2) is 41.4 Å². The van der Waals surface area contributed by atoms with Crippen molar-refractivity contribution in [1.82, 2.24) is 15.1 Å². The number of carbonyl (C=O) groups is 2. The van der Waals surface area contributed by atoms with Crippen molar-refractivity contribution in [3.05, 3.63) is 63.3 Å². The van der Waals surface area contributed by atoms with E-state index in [2.05, 4.69) is 5.32 Å². The number of hydrogen-bond donors (Lipinski definition) is 1. The molecule has 0 radical (unpaired) electrons. The molecule has 1 amide bonds. The van der Waals surface area contributed by atoms with E-state index in [9.17, 15) is 9.59 Å². The zero-order chi connectivity index (χ0) is 25.8. The fourth-order valence-electron chi connectivity index (χ4n) is 4.63. The highest BCUT2D eigenvalue weighted by molar-refractivity contribution is 6.31. The highest BCUT2D eigenvalue weighted by atomic mass is 35.5. The van der Waals surface area contributed by atoms with Gasteiger partial charge in [0.15, 0.2) is 5.69 Å². The molecule has 0 atom stereocenters. The lowest BCUT2D eigenvalue weighted by atomic mass is 9.95. The highest BCUT2D eigenvalue weighted by Gasteiger charge is 2.28. The lowest BCUT2D eigenvalue weighted by molar-refractivity contribution is 0.0526. The fourth-order valence-corrected chi connectivity index (χ4v) is 4.96. The molecule has 190 valence electrons. The number of nitrogens with zero attached hydrogens (tertiary/aromatic N) is 2. The number of benzene rings is 2. The van der Waals surface area contributed by atoms with Crippen LogP contribution in [0.2, 0.25) is 10.0 Å². The number of amides is 1. The number of aromatic nitrogens is 2. The Morgan fingerprint density at radius 3 is 2.47 bits per heavy atom. The lowest BCUT2D eigenvalue weighted by Gasteiger charge is -2.22. The maximum atomic E-state index is 13.4. The van der Waals surface area contributed by atoms with Crippen molar-refractivity contribution in [2.24, 2.45) is 0 Å². The monoisotopic (exact) mass is 529 g/mol. The predicted molar refractivity (Wildman–Crippen MR) is 141 cm³/mol. The Balaban J connectivity index is 1.91. The average molecular weight is 530 g/mol. The third-order valence-electron chi connectivity index (χ3n) is 6.38. The van der Waals surface area contributed by atoms with E-state index in [-0.39, 0.29) is 29.8 Å². The topological polar surface area (TPSA) is 82.5 Å². The zero-order valence-corrected chi connectivity index (χ0v) is 22.1. The molecule has 0 spiro atoms. The van der Waals surface area contributed by atoms with Crippen molar-refractivity contribution >= 4 is 35.1 Å². The van der Waals surface area contributed by atoms with E-state index in [0.29, 0.717) is 38.3 Å². The van der Waals surface area contributed by atoms with E-state index in [4.69, 9.17) is 37.8 Å². The minimum Gasteiger partial charge on any atom is -0.496 e. The molecule has 7 nitrogen and oxygen atoms in total. The summed E-state index contributed by atoms with van der Waals surface area (Å²) in [5, 5.41) is 8.75. The zero-order valence-electron chi connectivity index (χ0n) is 20.6. The second kappa shape index (κ2) is 11.4. The average Bonchev–Trinajstić information content (AvgIpc) is 3.21. The van der Waals surface area contributed by atoms with E-state index < -0.39 is 5.97 Å². The number of hydrogen-bond acceptors (Lipinski definition) is 5. The first-order chi connectivity index (χ1) is 17.3. The number of rotatable bonds is 7. The summed E-state index contributed by atoms with van der Waals surface area (Å²) in [5.41, 5.74) is 2.87. The van der Waals surface area contributed by atoms with E-state index >= 15 is 0 Å². The van der Waals surface area contributed by atoms with Gasteiger partial charge >= 0.3 is 5.97 Å². The Hall–Kier alpha value is -3.03. The molecule has 1 aliphatic carbocycles. The second-order valence-electron chi connectivity index (χ2n) is 8.77. The minimum absolute atomic E-state index is 0.120. The van der Waals surface area contributed by atoms with Gasteiger partial charge in [0.05, 0.1) is 30.7 Å². The molecule has 2 aromatic carbocycles. The van der Waals surface area contributed by atoms with E-state index in [0.717, 1.165) is 25.7 Å². The summed E-state index contributed by atoms with van der Waals surface area (Å²) in [6.45, 7) is 3.77. The van der Waals surface area contributed by atoms with Crippen LogP contribution in [-0.2, 0) is 4.74 Å². The molecule has 1 saturated carbocycles. The van der Waals surface area contributed by atoms with Crippen LogP contribution in [0.4, 0.5) is 0 Å². The number of halogens is 2. The Bertz CT molecular complexity index is 1280. The first-order valence-electron chi connectivity index (χ1n) is 12.1. The molecule has 0 bridgehead atoms. The van der Waals surface area contributed by atoms with Crippen molar-refractivity contribution in [2.45, 2.75) is 52.0 Å². The largest absolute Gasteiger partial charge is 0.496 e. The predicted octanol–water partition coefficient (Wildman–Crippen LogP) is 6.40. The molecule has 3 aromatic rings. The third kappa shape index (κ3) is 5.37. The molecule has 1 aliphatic rings. The molecule has 0 aliphatic heterocycles. The molecule has 9 heteroatoms. The normalized spacial score (nSPS) is 13.9. The third-order valence-corrected chi connectivity index (χ3v) is 6.85. The van der Waals surface area contributed by atoms with Crippen molar-refractivity contribution in [1.29, 1.82) is 0 Å². The van der Waals surface area contributed by atoms with Gasteiger partial charge in [0.2, 0.25) is 0 Å². The molecule has 1 fully saturated rings. The molecular weight excluding hydrogens is 501 g/mol. The second-order valence-corrected chi connectivity index (χ2v) is 9.64. The van der Waals surface area contributed by atoms with Crippen molar-refractivity contribution in [3.8, 4) is 22.7 Å². The summed E-state index contributed by atoms with van der Waals surface area (Å²) in [6, 6.07) is 10.3. The van der Waals surface area contributed by atoms with Gasteiger partial charge in [0, 0.05) is 27.2 Å². The van der Waals surface area contributed by atoms with E-state index in [1.165, 1.54) is 12.5 Å². The van der Waals surface area contributed by atoms with Crippen molar-refractivity contribution in [3.63, 3.8) is 0 Å². The Morgan fingerprint density at radius 2 is 1.78 bits per heavy atom. The van der Waals surface area contributed by atoms with Gasteiger partial charge in [-0.3, -0.25) is 4.79 Å².